The number of hydrogen-bond acceptors (Lipinski definition) is 3. The zero-order valence-electron chi connectivity index (χ0n) is 16.3. The number of hydrogen-bond donors (Lipinski definition) is 1. The number of nitrogens with zero attached hydrogens (tertiary/aromatic N) is 3. The summed E-state index contributed by atoms with van der Waals surface area (Å²) in [7, 11) is 1.87. The Bertz CT molecular complexity index is 954. The van der Waals surface area contributed by atoms with E-state index in [-0.39, 0.29) is 11.9 Å². The molecule has 0 aliphatic heterocycles. The second-order valence-electron chi connectivity index (χ2n) is 7.22. The lowest BCUT2D eigenvalue weighted by molar-refractivity contribution is 0.0939. The zero-order valence-corrected chi connectivity index (χ0v) is 16.3. The first kappa shape index (κ1) is 18.1. The van der Waals surface area contributed by atoms with Crippen LogP contribution in [0.1, 0.15) is 65.6 Å². The molecule has 26 heavy (non-hydrogen) atoms. The minimum atomic E-state index is -0.111. The maximum atomic E-state index is 12.8. The molecule has 5 heteroatoms. The van der Waals surface area contributed by atoms with Crippen LogP contribution in [-0.2, 0) is 7.05 Å². The summed E-state index contributed by atoms with van der Waals surface area (Å²) in [5.41, 5.74) is 5.37. The highest BCUT2D eigenvalue weighted by molar-refractivity contribution is 5.98. The first-order chi connectivity index (χ1) is 12.3. The highest BCUT2D eigenvalue weighted by atomic mass is 16.1. The van der Waals surface area contributed by atoms with Gasteiger partial charge in [-0.25, -0.2) is 4.98 Å². The van der Waals surface area contributed by atoms with E-state index in [1.807, 2.05) is 33.9 Å². The van der Waals surface area contributed by atoms with Crippen molar-refractivity contribution in [3.63, 3.8) is 0 Å². The van der Waals surface area contributed by atoms with Crippen LogP contribution in [0.3, 0.4) is 0 Å². The number of aromatic nitrogens is 3. The van der Waals surface area contributed by atoms with Crippen molar-refractivity contribution in [1.82, 2.24) is 20.1 Å². The summed E-state index contributed by atoms with van der Waals surface area (Å²) in [5.74, 6) is 0.387. The standard InChI is InChI=1S/C21H26N4O/c1-12(2)16-7-9-17(10-8-16)13(3)23-21(26)19-11-18-15(5)24-25(6)20(18)22-14(19)4/h7-13H,1-6H3,(H,23,26). The average Bonchev–Trinajstić information content (AvgIpc) is 2.87. The van der Waals surface area contributed by atoms with Gasteiger partial charge in [0.15, 0.2) is 5.65 Å². The van der Waals surface area contributed by atoms with Crippen molar-refractivity contribution < 1.29 is 4.79 Å². The summed E-state index contributed by atoms with van der Waals surface area (Å²) in [6.45, 7) is 10.1. The molecule has 0 saturated carbocycles. The highest BCUT2D eigenvalue weighted by Gasteiger charge is 2.17. The van der Waals surface area contributed by atoms with Crippen molar-refractivity contribution in [1.29, 1.82) is 0 Å². The van der Waals surface area contributed by atoms with Gasteiger partial charge < -0.3 is 5.32 Å². The van der Waals surface area contributed by atoms with Crippen molar-refractivity contribution in [3.05, 3.63) is 58.4 Å². The molecule has 0 aliphatic rings. The van der Waals surface area contributed by atoms with Gasteiger partial charge in [0.1, 0.15) is 0 Å². The lowest BCUT2D eigenvalue weighted by atomic mass is 9.99. The van der Waals surface area contributed by atoms with E-state index < -0.39 is 0 Å². The molecule has 5 nitrogen and oxygen atoms in total. The van der Waals surface area contributed by atoms with Crippen LogP contribution in [0.4, 0.5) is 0 Å². The number of pyridine rings is 1. The van der Waals surface area contributed by atoms with Crippen LogP contribution in [0.25, 0.3) is 11.0 Å². The van der Waals surface area contributed by atoms with Gasteiger partial charge in [0, 0.05) is 12.4 Å². The third-order valence-electron chi connectivity index (χ3n) is 4.88. The molecule has 0 saturated heterocycles. The van der Waals surface area contributed by atoms with E-state index in [0.717, 1.165) is 22.3 Å². The molecule has 1 atom stereocenters. The van der Waals surface area contributed by atoms with Crippen LogP contribution < -0.4 is 5.32 Å². The molecule has 3 aromatic rings. The van der Waals surface area contributed by atoms with E-state index in [2.05, 4.69) is 53.5 Å². The first-order valence-electron chi connectivity index (χ1n) is 8.99. The van der Waals surface area contributed by atoms with Crippen molar-refractivity contribution in [2.75, 3.05) is 0 Å². The minimum absolute atomic E-state index is 0.0752. The van der Waals surface area contributed by atoms with E-state index >= 15 is 0 Å². The van der Waals surface area contributed by atoms with Crippen LogP contribution in [-0.4, -0.2) is 20.7 Å². The van der Waals surface area contributed by atoms with E-state index in [9.17, 15) is 4.79 Å². The van der Waals surface area contributed by atoms with Crippen molar-refractivity contribution in [2.45, 2.75) is 46.6 Å². The normalized spacial score (nSPS) is 12.6. The Hall–Kier alpha value is -2.69. The summed E-state index contributed by atoms with van der Waals surface area (Å²) in [5, 5.41) is 8.39. The Balaban J connectivity index is 1.84. The van der Waals surface area contributed by atoms with Gasteiger partial charge in [-0.05, 0) is 43.9 Å². The number of rotatable bonds is 4. The molecule has 1 N–H and O–H groups in total. The number of carbonyl (C=O) groups excluding carboxylic acids is 1. The van der Waals surface area contributed by atoms with Gasteiger partial charge in [0.2, 0.25) is 0 Å². The van der Waals surface area contributed by atoms with Crippen LogP contribution >= 0.6 is 0 Å². The summed E-state index contributed by atoms with van der Waals surface area (Å²) < 4.78 is 1.75. The SMILES string of the molecule is Cc1nc2c(cc1C(=O)NC(C)c1ccc(C(C)C)cc1)c(C)nn2C. The van der Waals surface area contributed by atoms with E-state index in [0.29, 0.717) is 17.2 Å². The fraction of sp³-hybridized carbons (Fsp3) is 0.381. The largest absolute Gasteiger partial charge is 0.345 e. The number of amides is 1. The number of carbonyl (C=O) groups is 1. The average molecular weight is 350 g/mol. The highest BCUT2D eigenvalue weighted by Crippen LogP contribution is 2.21. The molecule has 0 bridgehead atoms. The molecule has 1 amide bonds. The second kappa shape index (κ2) is 6.90. The predicted molar refractivity (Wildman–Crippen MR) is 104 cm³/mol. The van der Waals surface area contributed by atoms with Crippen molar-refractivity contribution in [2.24, 2.45) is 7.05 Å². The van der Waals surface area contributed by atoms with Crippen LogP contribution in [0.2, 0.25) is 0 Å². The fourth-order valence-corrected chi connectivity index (χ4v) is 3.19. The van der Waals surface area contributed by atoms with Gasteiger partial charge in [-0.1, -0.05) is 38.1 Å². The number of aryl methyl sites for hydroxylation is 3. The van der Waals surface area contributed by atoms with Gasteiger partial charge in [0.05, 0.1) is 23.0 Å². The molecular weight excluding hydrogens is 324 g/mol. The van der Waals surface area contributed by atoms with E-state index in [1.165, 1.54) is 5.56 Å². The lowest BCUT2D eigenvalue weighted by Crippen LogP contribution is -2.27. The maximum Gasteiger partial charge on any atom is 0.253 e. The third-order valence-corrected chi connectivity index (χ3v) is 4.88. The molecular formula is C21H26N4O. The van der Waals surface area contributed by atoms with Gasteiger partial charge in [0.25, 0.3) is 5.91 Å². The van der Waals surface area contributed by atoms with Crippen molar-refractivity contribution in [3.8, 4) is 0 Å². The summed E-state index contributed by atoms with van der Waals surface area (Å²) in [6.07, 6.45) is 0. The smallest absolute Gasteiger partial charge is 0.253 e. The monoisotopic (exact) mass is 350 g/mol. The topological polar surface area (TPSA) is 59.8 Å². The minimum Gasteiger partial charge on any atom is -0.345 e. The molecule has 1 aromatic carbocycles. The molecule has 0 aliphatic carbocycles. The molecule has 0 spiro atoms. The van der Waals surface area contributed by atoms with Gasteiger partial charge in [-0.2, -0.15) is 5.10 Å². The van der Waals surface area contributed by atoms with E-state index in [4.69, 9.17) is 0 Å². The molecule has 136 valence electrons. The van der Waals surface area contributed by atoms with E-state index in [1.54, 1.807) is 4.68 Å². The Labute approximate surface area is 154 Å². The van der Waals surface area contributed by atoms with Gasteiger partial charge >= 0.3 is 0 Å². The predicted octanol–water partition coefficient (Wildman–Crippen LogP) is 4.20. The molecule has 2 heterocycles. The first-order valence-corrected chi connectivity index (χ1v) is 8.99. The van der Waals surface area contributed by atoms with Crippen LogP contribution in [0, 0.1) is 13.8 Å². The molecule has 0 fully saturated rings. The van der Waals surface area contributed by atoms with Gasteiger partial charge in [-0.15, -0.1) is 0 Å². The zero-order chi connectivity index (χ0) is 19.0. The summed E-state index contributed by atoms with van der Waals surface area (Å²) in [4.78, 5) is 17.4. The Kier molecular flexibility index (Phi) is 4.81. The maximum absolute atomic E-state index is 12.8. The Morgan fingerprint density at radius 3 is 2.27 bits per heavy atom. The number of nitrogens with one attached hydrogen (secondary N) is 1. The Morgan fingerprint density at radius 2 is 1.65 bits per heavy atom. The quantitative estimate of drug-likeness (QED) is 0.767. The second-order valence-corrected chi connectivity index (χ2v) is 7.22. The molecule has 1 unspecified atom stereocenters. The summed E-state index contributed by atoms with van der Waals surface area (Å²) >= 11 is 0. The van der Waals surface area contributed by atoms with Gasteiger partial charge in [-0.3, -0.25) is 9.48 Å². The van der Waals surface area contributed by atoms with Crippen LogP contribution in [0.5, 0.6) is 0 Å². The molecule has 3 rings (SSSR count). The summed E-state index contributed by atoms with van der Waals surface area (Å²) in [6, 6.07) is 10.2. The molecule has 2 aromatic heterocycles. The lowest BCUT2D eigenvalue weighted by Gasteiger charge is -2.16. The number of benzene rings is 1. The fourth-order valence-electron chi connectivity index (χ4n) is 3.19. The third kappa shape index (κ3) is 3.34. The van der Waals surface area contributed by atoms with Crippen molar-refractivity contribution >= 4 is 16.9 Å². The Morgan fingerprint density at radius 1 is 1.04 bits per heavy atom. The van der Waals surface area contributed by atoms with Crippen LogP contribution in [0.15, 0.2) is 30.3 Å². The molecule has 0 radical (unpaired) electrons. The number of fused-ring (bicyclic) bond motifs is 1.